The first kappa shape index (κ1) is 17.1. The zero-order chi connectivity index (χ0) is 17.8. The van der Waals surface area contributed by atoms with Crippen LogP contribution in [0.2, 0.25) is 0 Å². The van der Waals surface area contributed by atoms with Crippen molar-refractivity contribution in [2.24, 2.45) is 0 Å². The zero-order valence-electron chi connectivity index (χ0n) is 13.0. The Bertz CT molecular complexity index is 896. The highest BCUT2D eigenvalue weighted by Crippen LogP contribution is 2.27. The molecule has 0 N–H and O–H groups in total. The molecule has 1 heterocycles. The molecular weight excluding hydrogens is 395 g/mol. The summed E-state index contributed by atoms with van der Waals surface area (Å²) in [4.78, 5) is 15.7. The van der Waals surface area contributed by atoms with E-state index in [1.165, 1.54) is 19.2 Å². The fraction of sp³-hybridized carbons (Fsp3) is 0.118. The Hall–Kier alpha value is -2.74. The number of ether oxygens (including phenoxy) is 2. The topological polar surface area (TPSA) is 74.5 Å². The monoisotopic (exact) mass is 406 g/mol. The molecule has 1 aromatic heterocycles. The third kappa shape index (κ3) is 4.03. The molecule has 3 aromatic rings. The molecule has 128 valence electrons. The number of esters is 1. The van der Waals surface area contributed by atoms with Crippen molar-refractivity contribution in [3.63, 3.8) is 0 Å². The van der Waals surface area contributed by atoms with E-state index in [0.29, 0.717) is 27.2 Å². The van der Waals surface area contributed by atoms with Crippen molar-refractivity contribution < 1.29 is 23.2 Å². The number of carbonyl (C=O) groups is 1. The van der Waals surface area contributed by atoms with Crippen molar-refractivity contribution in [3.8, 4) is 17.1 Å². The minimum atomic E-state index is -0.437. The summed E-state index contributed by atoms with van der Waals surface area (Å²) in [6, 6.07) is 10.6. The number of aromatic nitrogens is 2. The Balaban J connectivity index is 1.68. The van der Waals surface area contributed by atoms with Crippen LogP contribution in [0.3, 0.4) is 0 Å². The zero-order valence-corrected chi connectivity index (χ0v) is 14.6. The maximum Gasteiger partial charge on any atom is 0.337 e. The molecule has 0 bridgehead atoms. The minimum absolute atomic E-state index is 0.0460. The first-order chi connectivity index (χ1) is 12.1. The summed E-state index contributed by atoms with van der Waals surface area (Å²) < 4.78 is 28.9. The smallest absolute Gasteiger partial charge is 0.337 e. The molecule has 0 radical (unpaired) electrons. The summed E-state index contributed by atoms with van der Waals surface area (Å²) in [5.41, 5.74) is 1.04. The third-order valence-electron chi connectivity index (χ3n) is 3.27. The van der Waals surface area contributed by atoms with Crippen molar-refractivity contribution in [2.75, 3.05) is 7.11 Å². The molecule has 0 saturated heterocycles. The molecule has 6 nitrogen and oxygen atoms in total. The predicted molar refractivity (Wildman–Crippen MR) is 89.5 cm³/mol. The number of benzene rings is 2. The lowest BCUT2D eigenvalue weighted by Gasteiger charge is -2.07. The standard InChI is InChI=1S/C17H12BrFN2O4/c1-23-17(22)11-4-7-14(13(18)8-11)24-9-15-20-16(21-25-15)10-2-5-12(19)6-3-10/h2-8H,9H2,1H3. The van der Waals surface area contributed by atoms with Crippen molar-refractivity contribution in [2.45, 2.75) is 6.61 Å². The van der Waals surface area contributed by atoms with Gasteiger partial charge in [-0.25, -0.2) is 9.18 Å². The van der Waals surface area contributed by atoms with E-state index in [0.717, 1.165) is 0 Å². The van der Waals surface area contributed by atoms with E-state index in [1.807, 2.05) is 0 Å². The van der Waals surface area contributed by atoms with Crippen LogP contribution in [0.4, 0.5) is 4.39 Å². The van der Waals surface area contributed by atoms with E-state index in [1.54, 1.807) is 30.3 Å². The van der Waals surface area contributed by atoms with Crippen molar-refractivity contribution in [1.82, 2.24) is 10.1 Å². The average Bonchev–Trinajstić information content (AvgIpc) is 3.09. The molecule has 0 saturated carbocycles. The van der Waals surface area contributed by atoms with Crippen LogP contribution in [0.15, 0.2) is 51.5 Å². The minimum Gasteiger partial charge on any atom is -0.483 e. The van der Waals surface area contributed by atoms with Crippen LogP contribution in [0, 0.1) is 5.82 Å². The second kappa shape index (κ2) is 7.43. The molecule has 0 aliphatic heterocycles. The highest BCUT2D eigenvalue weighted by atomic mass is 79.9. The van der Waals surface area contributed by atoms with Gasteiger partial charge in [-0.05, 0) is 58.4 Å². The maximum absolute atomic E-state index is 12.9. The molecule has 0 atom stereocenters. The Morgan fingerprint density at radius 2 is 2.00 bits per heavy atom. The van der Waals surface area contributed by atoms with E-state index in [4.69, 9.17) is 9.26 Å². The van der Waals surface area contributed by atoms with Crippen LogP contribution in [0.1, 0.15) is 16.2 Å². The Kier molecular flexibility index (Phi) is 5.08. The number of nitrogens with zero attached hydrogens (tertiary/aromatic N) is 2. The Morgan fingerprint density at radius 1 is 1.24 bits per heavy atom. The van der Waals surface area contributed by atoms with E-state index < -0.39 is 5.97 Å². The van der Waals surface area contributed by atoms with E-state index in [2.05, 4.69) is 30.8 Å². The first-order valence-electron chi connectivity index (χ1n) is 7.16. The van der Waals surface area contributed by atoms with Crippen molar-refractivity contribution >= 4 is 21.9 Å². The molecule has 2 aromatic carbocycles. The van der Waals surface area contributed by atoms with Gasteiger partial charge in [-0.1, -0.05) is 5.16 Å². The lowest BCUT2D eigenvalue weighted by molar-refractivity contribution is 0.0600. The Morgan fingerprint density at radius 3 is 2.68 bits per heavy atom. The van der Waals surface area contributed by atoms with Crippen LogP contribution in [0.5, 0.6) is 5.75 Å². The van der Waals surface area contributed by atoms with E-state index >= 15 is 0 Å². The number of hydrogen-bond donors (Lipinski definition) is 0. The van der Waals surface area contributed by atoms with Crippen LogP contribution in [0.25, 0.3) is 11.4 Å². The molecule has 8 heteroatoms. The third-order valence-corrected chi connectivity index (χ3v) is 3.89. The van der Waals surface area contributed by atoms with Gasteiger partial charge >= 0.3 is 5.97 Å². The van der Waals surface area contributed by atoms with Gasteiger partial charge in [0.2, 0.25) is 5.82 Å². The molecule has 0 spiro atoms. The SMILES string of the molecule is COC(=O)c1ccc(OCc2nc(-c3ccc(F)cc3)no2)c(Br)c1. The summed E-state index contributed by atoms with van der Waals surface area (Å²) in [5, 5.41) is 3.84. The van der Waals surface area contributed by atoms with Gasteiger partial charge in [-0.3, -0.25) is 0 Å². The molecular formula is C17H12BrFN2O4. The summed E-state index contributed by atoms with van der Waals surface area (Å²) in [5.74, 6) is 0.348. The lowest BCUT2D eigenvalue weighted by Crippen LogP contribution is -2.02. The number of rotatable bonds is 5. The molecule has 0 amide bonds. The summed E-state index contributed by atoms with van der Waals surface area (Å²) >= 11 is 3.33. The van der Waals surface area contributed by atoms with Gasteiger partial charge in [0.1, 0.15) is 11.6 Å². The largest absolute Gasteiger partial charge is 0.483 e. The molecule has 0 unspecified atom stereocenters. The number of carbonyl (C=O) groups excluding carboxylic acids is 1. The number of halogens is 2. The normalized spacial score (nSPS) is 10.5. The highest BCUT2D eigenvalue weighted by Gasteiger charge is 2.12. The molecule has 0 aliphatic rings. The van der Waals surface area contributed by atoms with Gasteiger partial charge < -0.3 is 14.0 Å². The van der Waals surface area contributed by atoms with Gasteiger partial charge in [0.25, 0.3) is 5.89 Å². The maximum atomic E-state index is 12.9. The van der Waals surface area contributed by atoms with Gasteiger partial charge in [-0.2, -0.15) is 4.98 Å². The van der Waals surface area contributed by atoms with E-state index in [-0.39, 0.29) is 18.3 Å². The van der Waals surface area contributed by atoms with Crippen LogP contribution >= 0.6 is 15.9 Å². The van der Waals surface area contributed by atoms with Crippen LogP contribution in [-0.4, -0.2) is 23.2 Å². The fourth-order valence-electron chi connectivity index (χ4n) is 2.03. The molecule has 3 rings (SSSR count). The van der Waals surface area contributed by atoms with Crippen molar-refractivity contribution in [3.05, 3.63) is 64.2 Å². The lowest BCUT2D eigenvalue weighted by atomic mass is 10.2. The fourth-order valence-corrected chi connectivity index (χ4v) is 2.53. The predicted octanol–water partition coefficient (Wildman–Crippen LogP) is 4.00. The van der Waals surface area contributed by atoms with Crippen LogP contribution in [-0.2, 0) is 11.3 Å². The summed E-state index contributed by atoms with van der Waals surface area (Å²) in [6.45, 7) is 0.0460. The number of hydrogen-bond acceptors (Lipinski definition) is 6. The Labute approximate surface area is 150 Å². The summed E-state index contributed by atoms with van der Waals surface area (Å²) in [6.07, 6.45) is 0. The first-order valence-corrected chi connectivity index (χ1v) is 7.95. The van der Waals surface area contributed by atoms with Crippen molar-refractivity contribution in [1.29, 1.82) is 0 Å². The quantitative estimate of drug-likeness (QED) is 0.596. The second-order valence-electron chi connectivity index (χ2n) is 4.94. The van der Waals surface area contributed by atoms with Gasteiger partial charge in [0.15, 0.2) is 6.61 Å². The van der Waals surface area contributed by atoms with Gasteiger partial charge in [0, 0.05) is 5.56 Å². The van der Waals surface area contributed by atoms with Gasteiger partial charge in [0.05, 0.1) is 17.1 Å². The van der Waals surface area contributed by atoms with Crippen LogP contribution < -0.4 is 4.74 Å². The molecule has 0 aliphatic carbocycles. The average molecular weight is 407 g/mol. The molecule has 0 fully saturated rings. The highest BCUT2D eigenvalue weighted by molar-refractivity contribution is 9.10. The van der Waals surface area contributed by atoms with Gasteiger partial charge in [-0.15, -0.1) is 0 Å². The van der Waals surface area contributed by atoms with E-state index in [9.17, 15) is 9.18 Å². The molecule has 25 heavy (non-hydrogen) atoms. The number of methoxy groups -OCH3 is 1. The summed E-state index contributed by atoms with van der Waals surface area (Å²) in [7, 11) is 1.31. The second-order valence-corrected chi connectivity index (χ2v) is 5.80.